The smallest absolute Gasteiger partial charge is 0.320 e. The van der Waals surface area contributed by atoms with E-state index in [0.29, 0.717) is 0 Å². The zero-order valence-electron chi connectivity index (χ0n) is 6.71. The van der Waals surface area contributed by atoms with Crippen LogP contribution in [0.15, 0.2) is 12.5 Å². The number of nitrogens with one attached hydrogen (secondary N) is 1. The zero-order chi connectivity index (χ0) is 10.3. The average molecular weight is 189 g/mol. The van der Waals surface area contributed by atoms with Crippen LogP contribution in [0.1, 0.15) is 5.69 Å². The van der Waals surface area contributed by atoms with E-state index in [0.717, 1.165) is 5.69 Å². The van der Waals surface area contributed by atoms with Crippen molar-refractivity contribution in [3.8, 4) is 0 Å². The Balaban J connectivity index is 0.000000671. The minimum absolute atomic E-state index is 0.287. The Bertz CT molecular complexity index is 236. The highest BCUT2D eigenvalue weighted by molar-refractivity contribution is 5.73. The molecule has 0 amide bonds. The van der Waals surface area contributed by atoms with Crippen LogP contribution in [0.25, 0.3) is 0 Å². The largest absolute Gasteiger partial charge is 0.480 e. The van der Waals surface area contributed by atoms with Gasteiger partial charge >= 0.3 is 5.97 Å². The number of rotatable bonds is 3. The summed E-state index contributed by atoms with van der Waals surface area (Å²) in [7, 11) is 0. The molecule has 0 aliphatic carbocycles. The van der Waals surface area contributed by atoms with Gasteiger partial charge in [-0.15, -0.1) is 0 Å². The summed E-state index contributed by atoms with van der Waals surface area (Å²) in [5.74, 6) is -1.00. The highest BCUT2D eigenvalue weighted by Gasteiger charge is 2.11. The van der Waals surface area contributed by atoms with Gasteiger partial charge < -0.3 is 15.8 Å². The van der Waals surface area contributed by atoms with E-state index in [1.165, 1.54) is 6.33 Å². The molecule has 1 rings (SSSR count). The van der Waals surface area contributed by atoms with Gasteiger partial charge in [-0.05, 0) is 0 Å². The zero-order valence-corrected chi connectivity index (χ0v) is 6.71. The molecular weight excluding hydrogens is 178 g/mol. The minimum Gasteiger partial charge on any atom is -0.480 e. The van der Waals surface area contributed by atoms with Crippen molar-refractivity contribution in [3.63, 3.8) is 0 Å². The second-order valence-corrected chi connectivity index (χ2v) is 2.23. The van der Waals surface area contributed by atoms with Crippen LogP contribution in [0.5, 0.6) is 0 Å². The molecule has 0 saturated carbocycles. The van der Waals surface area contributed by atoms with E-state index in [1.54, 1.807) is 6.20 Å². The van der Waals surface area contributed by atoms with Crippen molar-refractivity contribution < 1.29 is 20.4 Å². The fraction of sp³-hybridized carbons (Fsp3) is 0.333. The molecule has 0 radical (unpaired) electrons. The predicted molar refractivity (Wildman–Crippen MR) is 43.2 cm³/mol. The van der Waals surface area contributed by atoms with Gasteiger partial charge in [0.15, 0.2) is 0 Å². The number of carboxylic acid groups (broad SMARTS) is 1. The Morgan fingerprint density at radius 1 is 1.69 bits per heavy atom. The summed E-state index contributed by atoms with van der Waals surface area (Å²) in [6, 6.07) is -0.851. The fourth-order valence-corrected chi connectivity index (χ4v) is 0.721. The fourth-order valence-electron chi connectivity index (χ4n) is 0.721. The SMILES string of the molecule is NC(Cc1cnc[nH]1)C(=O)O.OO. The highest BCUT2D eigenvalue weighted by atomic mass is 17.0. The van der Waals surface area contributed by atoms with Gasteiger partial charge in [-0.3, -0.25) is 15.3 Å². The van der Waals surface area contributed by atoms with Gasteiger partial charge in [-0.2, -0.15) is 0 Å². The lowest BCUT2D eigenvalue weighted by Gasteiger charge is -2.02. The van der Waals surface area contributed by atoms with Crippen LogP contribution in [0.4, 0.5) is 0 Å². The maximum Gasteiger partial charge on any atom is 0.320 e. The Hall–Kier alpha value is -1.44. The van der Waals surface area contributed by atoms with Crippen LogP contribution < -0.4 is 5.73 Å². The molecule has 74 valence electrons. The lowest BCUT2D eigenvalue weighted by molar-refractivity contribution is -0.176. The number of aromatic amines is 1. The lowest BCUT2D eigenvalue weighted by Crippen LogP contribution is -2.32. The van der Waals surface area contributed by atoms with Crippen LogP contribution in [-0.2, 0) is 11.2 Å². The molecule has 0 fully saturated rings. The van der Waals surface area contributed by atoms with E-state index in [1.807, 2.05) is 0 Å². The molecular formula is C6H11N3O4. The summed E-state index contributed by atoms with van der Waals surface area (Å²) in [6.07, 6.45) is 3.34. The van der Waals surface area contributed by atoms with Gasteiger partial charge in [0, 0.05) is 18.3 Å². The van der Waals surface area contributed by atoms with E-state index >= 15 is 0 Å². The molecule has 0 aliphatic heterocycles. The molecule has 13 heavy (non-hydrogen) atoms. The van der Waals surface area contributed by atoms with E-state index in [-0.39, 0.29) is 6.42 Å². The molecule has 0 saturated heterocycles. The van der Waals surface area contributed by atoms with Crippen molar-refractivity contribution in [2.24, 2.45) is 5.73 Å². The molecule has 1 aromatic rings. The topological polar surface area (TPSA) is 132 Å². The first-order chi connectivity index (χ1) is 6.20. The van der Waals surface area contributed by atoms with E-state index in [9.17, 15) is 4.79 Å². The van der Waals surface area contributed by atoms with Crippen molar-refractivity contribution >= 4 is 5.97 Å². The number of hydrogen-bond acceptors (Lipinski definition) is 5. The molecule has 0 aliphatic rings. The number of H-pyrrole nitrogens is 1. The van der Waals surface area contributed by atoms with Crippen molar-refractivity contribution in [3.05, 3.63) is 18.2 Å². The molecule has 1 aromatic heterocycles. The first-order valence-electron chi connectivity index (χ1n) is 3.36. The Labute approximate surface area is 73.8 Å². The summed E-state index contributed by atoms with van der Waals surface area (Å²) >= 11 is 0. The number of carboxylic acids is 1. The number of hydrogen-bond donors (Lipinski definition) is 5. The molecule has 1 heterocycles. The molecule has 6 N–H and O–H groups in total. The standard InChI is InChI=1S/C6H9N3O2.H2O2/c7-5(6(10)11)1-4-2-8-3-9-4;1-2/h2-3,5H,1,7H2,(H,8,9)(H,10,11);1-2H. The average Bonchev–Trinajstić information content (AvgIpc) is 2.60. The Morgan fingerprint density at radius 3 is 2.69 bits per heavy atom. The lowest BCUT2D eigenvalue weighted by atomic mass is 10.2. The van der Waals surface area contributed by atoms with Crippen molar-refractivity contribution in [1.29, 1.82) is 0 Å². The third-order valence-electron chi connectivity index (χ3n) is 1.31. The van der Waals surface area contributed by atoms with Crippen molar-refractivity contribution in [1.82, 2.24) is 9.97 Å². The summed E-state index contributed by atoms with van der Waals surface area (Å²) in [4.78, 5) is 16.8. The molecule has 1 atom stereocenters. The van der Waals surface area contributed by atoms with Crippen molar-refractivity contribution in [2.75, 3.05) is 0 Å². The number of aromatic nitrogens is 2. The Morgan fingerprint density at radius 2 is 2.31 bits per heavy atom. The van der Waals surface area contributed by atoms with E-state index < -0.39 is 12.0 Å². The first kappa shape index (κ1) is 11.6. The maximum atomic E-state index is 10.3. The van der Waals surface area contributed by atoms with Gasteiger partial charge in [-0.25, -0.2) is 4.98 Å². The van der Waals surface area contributed by atoms with Gasteiger partial charge in [-0.1, -0.05) is 0 Å². The maximum absolute atomic E-state index is 10.3. The van der Waals surface area contributed by atoms with E-state index in [4.69, 9.17) is 21.4 Å². The monoisotopic (exact) mass is 189 g/mol. The Kier molecular flexibility index (Phi) is 5.44. The quantitative estimate of drug-likeness (QED) is 0.318. The summed E-state index contributed by atoms with van der Waals surface area (Å²) < 4.78 is 0. The van der Waals surface area contributed by atoms with Crippen LogP contribution in [-0.4, -0.2) is 37.6 Å². The molecule has 7 heteroatoms. The van der Waals surface area contributed by atoms with Gasteiger partial charge in [0.25, 0.3) is 0 Å². The minimum atomic E-state index is -1.00. The molecule has 1 unspecified atom stereocenters. The van der Waals surface area contributed by atoms with Crippen molar-refractivity contribution in [2.45, 2.75) is 12.5 Å². The molecule has 0 bridgehead atoms. The number of carbonyl (C=O) groups is 1. The van der Waals surface area contributed by atoms with E-state index in [2.05, 4.69) is 9.97 Å². The number of nitrogens with zero attached hydrogens (tertiary/aromatic N) is 1. The van der Waals surface area contributed by atoms with Crippen LogP contribution in [0.3, 0.4) is 0 Å². The number of nitrogens with two attached hydrogens (primary N) is 1. The molecule has 0 spiro atoms. The number of aliphatic carboxylic acids is 1. The third kappa shape index (κ3) is 4.21. The van der Waals surface area contributed by atoms with Crippen LogP contribution >= 0.6 is 0 Å². The third-order valence-corrected chi connectivity index (χ3v) is 1.31. The number of imidazole rings is 1. The summed E-state index contributed by atoms with van der Waals surface area (Å²) in [5, 5.41) is 20.4. The second-order valence-electron chi connectivity index (χ2n) is 2.23. The first-order valence-corrected chi connectivity index (χ1v) is 3.36. The normalized spacial score (nSPS) is 11.3. The molecule has 0 aromatic carbocycles. The van der Waals surface area contributed by atoms with Crippen LogP contribution in [0.2, 0.25) is 0 Å². The van der Waals surface area contributed by atoms with Gasteiger partial charge in [0.2, 0.25) is 0 Å². The van der Waals surface area contributed by atoms with Gasteiger partial charge in [0.1, 0.15) is 6.04 Å². The summed E-state index contributed by atoms with van der Waals surface area (Å²) in [6.45, 7) is 0. The highest BCUT2D eigenvalue weighted by Crippen LogP contribution is 1.95. The second kappa shape index (κ2) is 6.12. The molecule has 7 nitrogen and oxygen atoms in total. The summed E-state index contributed by atoms with van der Waals surface area (Å²) in [5.41, 5.74) is 6.00. The predicted octanol–water partition coefficient (Wildman–Crippen LogP) is -0.618. The van der Waals surface area contributed by atoms with Gasteiger partial charge in [0.05, 0.1) is 6.33 Å². The van der Waals surface area contributed by atoms with Crippen LogP contribution in [0, 0.1) is 0 Å².